The fourth-order valence-electron chi connectivity index (χ4n) is 6.14. The van der Waals surface area contributed by atoms with E-state index in [1.807, 2.05) is 121 Å². The molecule has 196 valence electrons. The van der Waals surface area contributed by atoms with Crippen LogP contribution in [0.4, 0.5) is 4.39 Å². The van der Waals surface area contributed by atoms with E-state index in [-0.39, 0.29) is 11.3 Å². The van der Waals surface area contributed by atoms with Crippen molar-refractivity contribution in [3.63, 3.8) is 0 Å². The van der Waals surface area contributed by atoms with Crippen LogP contribution < -0.4 is 4.74 Å². The highest BCUT2D eigenvalue weighted by Crippen LogP contribution is 2.64. The predicted molar refractivity (Wildman–Crippen MR) is 158 cm³/mol. The SMILES string of the molecule is O=C1Oc2ccc(F)cc2C(=O)C12C(c1ccccc1)=C(c1ccccc1)C(c1ccccc1)=C2c1ccccc1. The van der Waals surface area contributed by atoms with Crippen LogP contribution in [0, 0.1) is 11.2 Å². The lowest BCUT2D eigenvalue weighted by Crippen LogP contribution is -2.46. The molecule has 0 atom stereocenters. The van der Waals surface area contributed by atoms with Gasteiger partial charge in [0.25, 0.3) is 0 Å². The molecule has 0 amide bonds. The van der Waals surface area contributed by atoms with Gasteiger partial charge in [-0.1, -0.05) is 121 Å². The van der Waals surface area contributed by atoms with Gasteiger partial charge >= 0.3 is 5.97 Å². The van der Waals surface area contributed by atoms with Crippen molar-refractivity contribution >= 4 is 34.0 Å². The monoisotopic (exact) mass is 534 g/mol. The zero-order valence-electron chi connectivity index (χ0n) is 21.9. The molecule has 3 nitrogen and oxygen atoms in total. The number of hydrogen-bond donors (Lipinski definition) is 0. The van der Waals surface area contributed by atoms with Gasteiger partial charge in [0.05, 0.1) is 5.56 Å². The topological polar surface area (TPSA) is 43.4 Å². The van der Waals surface area contributed by atoms with Crippen molar-refractivity contribution in [2.75, 3.05) is 0 Å². The first-order chi connectivity index (χ1) is 20.1. The fourth-order valence-corrected chi connectivity index (χ4v) is 6.14. The van der Waals surface area contributed by atoms with Crippen molar-refractivity contribution in [2.45, 2.75) is 0 Å². The molecule has 1 aliphatic heterocycles. The number of benzene rings is 5. The van der Waals surface area contributed by atoms with Crippen LogP contribution in [0.3, 0.4) is 0 Å². The minimum atomic E-state index is -1.89. The summed E-state index contributed by atoms with van der Waals surface area (Å²) in [6.45, 7) is 0. The Morgan fingerprint density at radius 1 is 0.512 bits per heavy atom. The van der Waals surface area contributed by atoms with Crippen molar-refractivity contribution < 1.29 is 18.7 Å². The summed E-state index contributed by atoms with van der Waals surface area (Å²) in [5.41, 5.74) is 3.81. The van der Waals surface area contributed by atoms with E-state index < -0.39 is 23.0 Å². The number of ketones is 1. The summed E-state index contributed by atoms with van der Waals surface area (Å²) in [7, 11) is 0. The number of rotatable bonds is 4. The van der Waals surface area contributed by atoms with Gasteiger partial charge in [-0.05, 0) is 62.7 Å². The lowest BCUT2D eigenvalue weighted by atomic mass is 9.65. The van der Waals surface area contributed by atoms with Crippen molar-refractivity contribution in [3.8, 4) is 5.75 Å². The van der Waals surface area contributed by atoms with E-state index in [1.54, 1.807) is 0 Å². The lowest BCUT2D eigenvalue weighted by Gasteiger charge is -2.36. The normalized spacial score (nSPS) is 15.7. The number of fused-ring (bicyclic) bond motifs is 1. The molecule has 1 heterocycles. The first-order valence-electron chi connectivity index (χ1n) is 13.4. The quantitative estimate of drug-likeness (QED) is 0.133. The molecule has 7 rings (SSSR count). The van der Waals surface area contributed by atoms with Gasteiger partial charge in [0.1, 0.15) is 11.6 Å². The van der Waals surface area contributed by atoms with E-state index in [4.69, 9.17) is 4.74 Å². The molecule has 0 N–H and O–H groups in total. The minimum absolute atomic E-state index is 0.0354. The molecule has 5 aromatic carbocycles. The van der Waals surface area contributed by atoms with Crippen LogP contribution >= 0.6 is 0 Å². The zero-order chi connectivity index (χ0) is 28.0. The lowest BCUT2D eigenvalue weighted by molar-refractivity contribution is -0.138. The Kier molecular flexibility index (Phi) is 5.83. The summed E-state index contributed by atoms with van der Waals surface area (Å²) < 4.78 is 20.6. The number of halogens is 1. The van der Waals surface area contributed by atoms with Crippen LogP contribution in [-0.4, -0.2) is 11.8 Å². The molecule has 0 saturated heterocycles. The van der Waals surface area contributed by atoms with Crippen molar-refractivity contribution in [2.24, 2.45) is 5.41 Å². The number of allylic oxidation sites excluding steroid dienone is 2. The molecule has 0 aromatic heterocycles. The summed E-state index contributed by atoms with van der Waals surface area (Å²) in [5.74, 6) is -1.74. The van der Waals surface area contributed by atoms with E-state index in [0.29, 0.717) is 22.3 Å². The number of carbonyl (C=O) groups is 2. The Hall–Kier alpha value is -5.35. The molecule has 5 aromatic rings. The molecule has 0 saturated carbocycles. The first kappa shape index (κ1) is 24.7. The molecule has 0 fully saturated rings. The van der Waals surface area contributed by atoms with Crippen LogP contribution in [0.25, 0.3) is 22.3 Å². The third kappa shape index (κ3) is 3.72. The molecule has 0 bridgehead atoms. The Balaban J connectivity index is 1.71. The average Bonchev–Trinajstić information content (AvgIpc) is 3.35. The summed E-state index contributed by atoms with van der Waals surface area (Å²) in [6, 6.07) is 42.2. The fraction of sp³-hybridized carbons (Fsp3) is 0.0270. The van der Waals surface area contributed by atoms with Gasteiger partial charge in [-0.15, -0.1) is 0 Å². The second-order valence-electron chi connectivity index (χ2n) is 10.1. The molecule has 1 spiro atoms. The van der Waals surface area contributed by atoms with Crippen molar-refractivity contribution in [3.05, 3.63) is 173 Å². The van der Waals surface area contributed by atoms with Gasteiger partial charge in [0, 0.05) is 0 Å². The van der Waals surface area contributed by atoms with Crippen LogP contribution in [0.5, 0.6) is 5.75 Å². The van der Waals surface area contributed by atoms with Crippen LogP contribution in [0.1, 0.15) is 32.6 Å². The summed E-state index contributed by atoms with van der Waals surface area (Å²) in [5, 5.41) is 0. The summed E-state index contributed by atoms with van der Waals surface area (Å²) >= 11 is 0. The average molecular weight is 535 g/mol. The number of carbonyl (C=O) groups excluding carboxylic acids is 2. The van der Waals surface area contributed by atoms with Crippen LogP contribution in [0.15, 0.2) is 140 Å². The van der Waals surface area contributed by atoms with Crippen molar-refractivity contribution in [1.29, 1.82) is 0 Å². The number of Topliss-reactive ketones (excluding diaryl/α,β-unsaturated/α-hetero) is 1. The smallest absolute Gasteiger partial charge is 0.334 e. The Morgan fingerprint density at radius 3 is 1.37 bits per heavy atom. The number of ether oxygens (including phenoxy) is 1. The second-order valence-corrected chi connectivity index (χ2v) is 10.1. The number of hydrogen-bond acceptors (Lipinski definition) is 3. The predicted octanol–water partition coefficient (Wildman–Crippen LogP) is 8.15. The van der Waals surface area contributed by atoms with Crippen molar-refractivity contribution in [1.82, 2.24) is 0 Å². The third-order valence-electron chi connectivity index (χ3n) is 7.79. The van der Waals surface area contributed by atoms with E-state index >= 15 is 0 Å². The summed E-state index contributed by atoms with van der Waals surface area (Å²) in [6.07, 6.45) is 0. The van der Waals surface area contributed by atoms with E-state index in [1.165, 1.54) is 18.2 Å². The molecule has 0 unspecified atom stereocenters. The maximum atomic E-state index is 15.0. The van der Waals surface area contributed by atoms with Gasteiger partial charge in [-0.25, -0.2) is 9.18 Å². The molecular weight excluding hydrogens is 511 g/mol. The highest BCUT2D eigenvalue weighted by atomic mass is 19.1. The largest absolute Gasteiger partial charge is 0.424 e. The van der Waals surface area contributed by atoms with E-state index in [9.17, 15) is 14.0 Å². The number of esters is 1. The maximum absolute atomic E-state index is 15.0. The second kappa shape index (κ2) is 9.68. The molecular formula is C37H23FO3. The van der Waals surface area contributed by atoms with Gasteiger partial charge in [0.2, 0.25) is 0 Å². The molecule has 1 aliphatic carbocycles. The highest BCUT2D eigenvalue weighted by molar-refractivity contribution is 6.44. The molecule has 2 aliphatic rings. The zero-order valence-corrected chi connectivity index (χ0v) is 21.9. The highest BCUT2D eigenvalue weighted by Gasteiger charge is 2.62. The van der Waals surface area contributed by atoms with E-state index in [2.05, 4.69) is 0 Å². The van der Waals surface area contributed by atoms with Crippen LogP contribution in [-0.2, 0) is 4.79 Å². The van der Waals surface area contributed by atoms with Gasteiger partial charge in [0.15, 0.2) is 11.2 Å². The maximum Gasteiger partial charge on any atom is 0.334 e. The molecule has 0 radical (unpaired) electrons. The van der Waals surface area contributed by atoms with E-state index in [0.717, 1.165) is 22.3 Å². The standard InChI is InChI=1S/C37H23FO3/c38-28-21-22-30-29(23-28)35(39)37(36(40)41-30)33(26-17-9-3-10-18-26)31(24-13-5-1-6-14-24)32(25-15-7-2-8-16-25)34(37)27-19-11-4-12-20-27/h1-23H. The Bertz CT molecular complexity index is 1770. The van der Waals surface area contributed by atoms with Gasteiger partial charge in [-0.2, -0.15) is 0 Å². The Morgan fingerprint density at radius 2 is 0.927 bits per heavy atom. The first-order valence-corrected chi connectivity index (χ1v) is 13.4. The van der Waals surface area contributed by atoms with Crippen LogP contribution in [0.2, 0.25) is 0 Å². The minimum Gasteiger partial charge on any atom is -0.424 e. The third-order valence-corrected chi connectivity index (χ3v) is 7.79. The summed E-state index contributed by atoms with van der Waals surface area (Å²) in [4.78, 5) is 29.6. The molecule has 4 heteroatoms. The van der Waals surface area contributed by atoms with Gasteiger partial charge < -0.3 is 4.74 Å². The molecule has 41 heavy (non-hydrogen) atoms. The Labute approximate surface area is 236 Å². The van der Waals surface area contributed by atoms with Gasteiger partial charge in [-0.3, -0.25) is 4.79 Å².